The molecule has 0 bridgehead atoms. The number of esters is 1. The number of nitrogens with one attached hydrogen (secondary N) is 1. The molecule has 0 fully saturated rings. The van der Waals surface area contributed by atoms with Crippen LogP contribution in [0.5, 0.6) is 0 Å². The third-order valence-electron chi connectivity index (χ3n) is 2.59. The predicted molar refractivity (Wildman–Crippen MR) is 80.0 cm³/mol. The highest BCUT2D eigenvalue weighted by Crippen LogP contribution is 2.07. The van der Waals surface area contributed by atoms with Crippen molar-refractivity contribution in [3.8, 4) is 0 Å². The van der Waals surface area contributed by atoms with Gasteiger partial charge in [0, 0.05) is 19.0 Å². The predicted octanol–water partition coefficient (Wildman–Crippen LogP) is 1.29. The lowest BCUT2D eigenvalue weighted by Crippen LogP contribution is -2.31. The zero-order valence-corrected chi connectivity index (χ0v) is 12.5. The van der Waals surface area contributed by atoms with Gasteiger partial charge >= 0.3 is 5.97 Å². The number of hydrogen-bond donors (Lipinski definition) is 2. The molecule has 3 N–H and O–H groups in total. The molecule has 0 aliphatic rings. The van der Waals surface area contributed by atoms with Gasteiger partial charge in [-0.05, 0) is 31.0 Å². The largest absolute Gasteiger partial charge is 0.465 e. The average molecular weight is 301 g/mol. The van der Waals surface area contributed by atoms with Gasteiger partial charge in [-0.15, -0.1) is 12.4 Å². The number of methoxy groups -OCH3 is 1. The molecule has 1 unspecified atom stereocenters. The molecule has 0 saturated carbocycles. The summed E-state index contributed by atoms with van der Waals surface area (Å²) in [6.07, 6.45) is 0.984. The summed E-state index contributed by atoms with van der Waals surface area (Å²) in [4.78, 5) is 22.8. The lowest BCUT2D eigenvalue weighted by molar-refractivity contribution is -0.121. The zero-order chi connectivity index (χ0) is 14.3. The Kier molecular flexibility index (Phi) is 8.59. The van der Waals surface area contributed by atoms with Crippen LogP contribution in [0, 0.1) is 0 Å². The first-order valence-electron chi connectivity index (χ1n) is 6.22. The molecule has 20 heavy (non-hydrogen) atoms. The summed E-state index contributed by atoms with van der Waals surface area (Å²) in [6, 6.07) is 7.03. The fourth-order valence-electron chi connectivity index (χ4n) is 1.68. The van der Waals surface area contributed by atoms with Crippen LogP contribution in [0.25, 0.3) is 0 Å². The Morgan fingerprint density at radius 2 is 2.10 bits per heavy atom. The molecule has 6 heteroatoms. The molecule has 1 rings (SSSR count). The van der Waals surface area contributed by atoms with Gasteiger partial charge in [0.25, 0.3) is 0 Å². The van der Waals surface area contributed by atoms with Crippen LogP contribution in [0.15, 0.2) is 24.3 Å². The number of rotatable bonds is 6. The van der Waals surface area contributed by atoms with E-state index in [1.807, 2.05) is 6.07 Å². The smallest absolute Gasteiger partial charge is 0.337 e. The fourth-order valence-corrected chi connectivity index (χ4v) is 1.68. The van der Waals surface area contributed by atoms with Crippen LogP contribution in [-0.4, -0.2) is 31.6 Å². The number of hydrogen-bond acceptors (Lipinski definition) is 4. The van der Waals surface area contributed by atoms with Crippen molar-refractivity contribution < 1.29 is 14.3 Å². The van der Waals surface area contributed by atoms with E-state index in [1.165, 1.54) is 7.11 Å². The number of nitrogens with two attached hydrogens (primary N) is 1. The Hall–Kier alpha value is -1.59. The summed E-state index contributed by atoms with van der Waals surface area (Å²) < 4.78 is 4.66. The van der Waals surface area contributed by atoms with Crippen LogP contribution >= 0.6 is 12.4 Å². The third kappa shape index (κ3) is 6.54. The van der Waals surface area contributed by atoms with Crippen molar-refractivity contribution in [2.75, 3.05) is 13.7 Å². The van der Waals surface area contributed by atoms with E-state index in [0.29, 0.717) is 24.9 Å². The summed E-state index contributed by atoms with van der Waals surface area (Å²) in [5, 5.41) is 2.79. The Balaban J connectivity index is 0.00000361. The highest BCUT2D eigenvalue weighted by molar-refractivity contribution is 5.89. The summed E-state index contributed by atoms with van der Waals surface area (Å²) in [7, 11) is 1.35. The second-order valence-corrected chi connectivity index (χ2v) is 4.47. The number of amides is 1. The summed E-state index contributed by atoms with van der Waals surface area (Å²) in [5.74, 6) is -0.415. The Bertz CT molecular complexity index is 450. The molecule has 1 aromatic rings. The summed E-state index contributed by atoms with van der Waals surface area (Å²) >= 11 is 0. The van der Waals surface area contributed by atoms with Crippen molar-refractivity contribution in [3.05, 3.63) is 35.4 Å². The van der Waals surface area contributed by atoms with Crippen molar-refractivity contribution in [2.24, 2.45) is 5.73 Å². The molecule has 0 aromatic heterocycles. The maximum Gasteiger partial charge on any atom is 0.337 e. The number of carbonyl (C=O) groups is 2. The molecule has 1 atom stereocenters. The van der Waals surface area contributed by atoms with Gasteiger partial charge in [0.2, 0.25) is 5.91 Å². The van der Waals surface area contributed by atoms with E-state index in [-0.39, 0.29) is 30.3 Å². The number of ether oxygens (including phenoxy) is 1. The van der Waals surface area contributed by atoms with Crippen molar-refractivity contribution in [2.45, 2.75) is 25.8 Å². The zero-order valence-electron chi connectivity index (χ0n) is 11.7. The van der Waals surface area contributed by atoms with Crippen LogP contribution in [0.3, 0.4) is 0 Å². The Morgan fingerprint density at radius 1 is 1.40 bits per heavy atom. The number of halogens is 1. The van der Waals surface area contributed by atoms with Gasteiger partial charge in [-0.3, -0.25) is 4.79 Å². The van der Waals surface area contributed by atoms with Gasteiger partial charge in [-0.1, -0.05) is 12.1 Å². The summed E-state index contributed by atoms with van der Waals surface area (Å²) in [6.45, 7) is 2.32. The van der Waals surface area contributed by atoms with E-state index in [1.54, 1.807) is 25.1 Å². The molecular weight excluding hydrogens is 280 g/mol. The molecule has 5 nitrogen and oxygen atoms in total. The van der Waals surface area contributed by atoms with E-state index in [4.69, 9.17) is 5.73 Å². The number of benzene rings is 1. The second-order valence-electron chi connectivity index (χ2n) is 4.47. The first-order valence-corrected chi connectivity index (χ1v) is 6.22. The minimum Gasteiger partial charge on any atom is -0.465 e. The highest BCUT2D eigenvalue weighted by Gasteiger charge is 2.07. The van der Waals surface area contributed by atoms with Gasteiger partial charge in [0.05, 0.1) is 12.7 Å². The third-order valence-corrected chi connectivity index (χ3v) is 2.59. The molecule has 1 amide bonds. The minimum atomic E-state index is -0.358. The summed E-state index contributed by atoms with van der Waals surface area (Å²) in [5.41, 5.74) is 7.02. The van der Waals surface area contributed by atoms with Crippen LogP contribution in [0.1, 0.15) is 29.3 Å². The van der Waals surface area contributed by atoms with Gasteiger partial charge in [-0.2, -0.15) is 0 Å². The molecule has 1 aromatic carbocycles. The van der Waals surface area contributed by atoms with Gasteiger partial charge in [0.1, 0.15) is 0 Å². The monoisotopic (exact) mass is 300 g/mol. The van der Waals surface area contributed by atoms with Gasteiger partial charge in [-0.25, -0.2) is 4.79 Å². The molecule has 0 heterocycles. The quantitative estimate of drug-likeness (QED) is 0.776. The molecule has 0 spiro atoms. The van der Waals surface area contributed by atoms with Crippen LogP contribution in [0.4, 0.5) is 0 Å². The lowest BCUT2D eigenvalue weighted by Gasteiger charge is -2.08. The second kappa shape index (κ2) is 9.34. The molecule has 0 aliphatic carbocycles. The molecule has 0 saturated heterocycles. The molecular formula is C14H21ClN2O3. The van der Waals surface area contributed by atoms with E-state index in [2.05, 4.69) is 10.1 Å². The molecule has 112 valence electrons. The SMILES string of the molecule is COC(=O)c1cccc(CCNC(=O)CC(C)N)c1.Cl. The Labute approximate surface area is 125 Å². The first kappa shape index (κ1) is 18.4. The average Bonchev–Trinajstić information content (AvgIpc) is 2.37. The molecule has 0 radical (unpaired) electrons. The van der Waals surface area contributed by atoms with E-state index in [0.717, 1.165) is 5.56 Å². The maximum absolute atomic E-state index is 11.4. The fraction of sp³-hybridized carbons (Fsp3) is 0.429. The van der Waals surface area contributed by atoms with Crippen LogP contribution in [-0.2, 0) is 16.0 Å². The number of carbonyl (C=O) groups excluding carboxylic acids is 2. The van der Waals surface area contributed by atoms with E-state index < -0.39 is 0 Å². The first-order chi connectivity index (χ1) is 9.02. The van der Waals surface area contributed by atoms with Crippen LogP contribution in [0.2, 0.25) is 0 Å². The molecule has 0 aliphatic heterocycles. The maximum atomic E-state index is 11.4. The van der Waals surface area contributed by atoms with E-state index in [9.17, 15) is 9.59 Å². The standard InChI is InChI=1S/C14H20N2O3.ClH/c1-10(15)8-13(17)16-7-6-11-4-3-5-12(9-11)14(18)19-2;/h3-5,9-10H,6-8,15H2,1-2H3,(H,16,17);1H. The topological polar surface area (TPSA) is 81.4 Å². The van der Waals surface area contributed by atoms with Crippen molar-refractivity contribution >= 4 is 24.3 Å². The van der Waals surface area contributed by atoms with Crippen molar-refractivity contribution in [3.63, 3.8) is 0 Å². The Morgan fingerprint density at radius 3 is 2.70 bits per heavy atom. The van der Waals surface area contributed by atoms with Gasteiger partial charge < -0.3 is 15.8 Å². The normalized spacial score (nSPS) is 11.2. The van der Waals surface area contributed by atoms with Crippen molar-refractivity contribution in [1.29, 1.82) is 0 Å². The van der Waals surface area contributed by atoms with Crippen molar-refractivity contribution in [1.82, 2.24) is 5.32 Å². The van der Waals surface area contributed by atoms with Gasteiger partial charge in [0.15, 0.2) is 0 Å². The van der Waals surface area contributed by atoms with E-state index >= 15 is 0 Å². The minimum absolute atomic E-state index is 0. The van der Waals surface area contributed by atoms with Crippen LogP contribution < -0.4 is 11.1 Å². The highest BCUT2D eigenvalue weighted by atomic mass is 35.5. The lowest BCUT2D eigenvalue weighted by atomic mass is 10.1.